The lowest BCUT2D eigenvalue weighted by Gasteiger charge is -2.17. The van der Waals surface area contributed by atoms with Gasteiger partial charge in [-0.15, -0.1) is 0 Å². The van der Waals surface area contributed by atoms with E-state index in [0.717, 1.165) is 105 Å². The number of pyridine rings is 3. The van der Waals surface area contributed by atoms with Crippen LogP contribution in [0.25, 0.3) is 105 Å². The first-order valence-corrected chi connectivity index (χ1v) is 19.1. The van der Waals surface area contributed by atoms with Crippen LogP contribution in [0.2, 0.25) is 0 Å². The molecule has 0 aliphatic heterocycles. The number of benzene rings is 7. The van der Waals surface area contributed by atoms with Gasteiger partial charge in [-0.1, -0.05) is 115 Å². The van der Waals surface area contributed by atoms with E-state index >= 15 is 0 Å². The molecular formula is C52H33N5. The molecule has 0 amide bonds. The van der Waals surface area contributed by atoms with Gasteiger partial charge in [0.05, 0.1) is 11.0 Å². The van der Waals surface area contributed by atoms with E-state index in [2.05, 4.69) is 168 Å². The normalized spacial score (nSPS) is 11.5. The lowest BCUT2D eigenvalue weighted by molar-refractivity contribution is 1.10. The molecule has 0 fully saturated rings. The van der Waals surface area contributed by atoms with Crippen molar-refractivity contribution in [2.75, 3.05) is 0 Å². The zero-order valence-corrected chi connectivity index (χ0v) is 30.8. The molecule has 0 unspecified atom stereocenters. The average molecular weight is 728 g/mol. The second-order valence-corrected chi connectivity index (χ2v) is 14.4. The summed E-state index contributed by atoms with van der Waals surface area (Å²) in [6, 6.07) is 57.9. The van der Waals surface area contributed by atoms with Crippen molar-refractivity contribution in [2.24, 2.45) is 0 Å². The lowest BCUT2D eigenvalue weighted by Crippen LogP contribution is -1.99. The van der Waals surface area contributed by atoms with Gasteiger partial charge in [0.15, 0.2) is 0 Å². The predicted octanol–water partition coefficient (Wildman–Crippen LogP) is 13.0. The molecule has 0 saturated carbocycles. The van der Waals surface area contributed by atoms with Crippen LogP contribution in [0.15, 0.2) is 201 Å². The molecule has 4 heterocycles. The fourth-order valence-corrected chi connectivity index (χ4v) is 8.32. The third-order valence-electron chi connectivity index (χ3n) is 11.0. The van der Waals surface area contributed by atoms with Gasteiger partial charge < -0.3 is 0 Å². The van der Waals surface area contributed by atoms with Crippen LogP contribution in [-0.4, -0.2) is 24.5 Å². The Kier molecular flexibility index (Phi) is 7.74. The van der Waals surface area contributed by atoms with Crippen molar-refractivity contribution in [3.05, 3.63) is 201 Å². The quantitative estimate of drug-likeness (QED) is 0.171. The number of fused-ring (bicyclic) bond motifs is 4. The molecule has 0 bridgehead atoms. The van der Waals surface area contributed by atoms with Crippen molar-refractivity contribution < 1.29 is 0 Å². The summed E-state index contributed by atoms with van der Waals surface area (Å²) in [6.45, 7) is 0. The molecule has 0 aliphatic carbocycles. The lowest BCUT2D eigenvalue weighted by atomic mass is 9.89. The van der Waals surface area contributed by atoms with Crippen LogP contribution < -0.4 is 0 Å². The predicted molar refractivity (Wildman–Crippen MR) is 234 cm³/mol. The number of aromatic nitrogens is 5. The maximum atomic E-state index is 5.38. The Hall–Kier alpha value is -7.76. The first-order valence-electron chi connectivity index (χ1n) is 19.1. The molecule has 11 aromatic rings. The number of hydrogen-bond acceptors (Lipinski definition) is 4. The summed E-state index contributed by atoms with van der Waals surface area (Å²) in [4.78, 5) is 19.5. The van der Waals surface area contributed by atoms with Gasteiger partial charge in [0.2, 0.25) is 0 Å². The Labute approximate surface area is 329 Å². The number of para-hydroxylation sites is 3. The minimum Gasteiger partial charge on any atom is -0.292 e. The molecule has 0 radical (unpaired) electrons. The Bertz CT molecular complexity index is 3200. The van der Waals surface area contributed by atoms with E-state index in [1.807, 2.05) is 37.2 Å². The van der Waals surface area contributed by atoms with Crippen molar-refractivity contribution in [3.63, 3.8) is 0 Å². The van der Waals surface area contributed by atoms with Gasteiger partial charge >= 0.3 is 0 Å². The molecule has 5 nitrogen and oxygen atoms in total. The minimum atomic E-state index is 0.861. The van der Waals surface area contributed by atoms with Crippen molar-refractivity contribution >= 4 is 43.4 Å². The van der Waals surface area contributed by atoms with E-state index in [9.17, 15) is 0 Å². The van der Waals surface area contributed by atoms with E-state index in [-0.39, 0.29) is 0 Å². The van der Waals surface area contributed by atoms with Gasteiger partial charge in [-0.2, -0.15) is 0 Å². The van der Waals surface area contributed by atoms with Crippen molar-refractivity contribution in [2.45, 2.75) is 0 Å². The van der Waals surface area contributed by atoms with Crippen LogP contribution in [0.4, 0.5) is 0 Å². The molecule has 0 aliphatic rings. The Morgan fingerprint density at radius 3 is 1.47 bits per heavy atom. The molecule has 0 spiro atoms. The van der Waals surface area contributed by atoms with Crippen LogP contribution in [0, 0.1) is 0 Å². The summed E-state index contributed by atoms with van der Waals surface area (Å²) in [5.74, 6) is 0.861. The molecule has 5 heteroatoms. The van der Waals surface area contributed by atoms with E-state index in [1.54, 1.807) is 0 Å². The maximum Gasteiger partial charge on any atom is 0.146 e. The monoisotopic (exact) mass is 727 g/mol. The maximum absolute atomic E-state index is 5.38. The summed E-state index contributed by atoms with van der Waals surface area (Å²) < 4.78 is 2.28. The smallest absolute Gasteiger partial charge is 0.146 e. The topological polar surface area (TPSA) is 56.5 Å². The SMILES string of the molecule is c1ccc(-n2c(-c3cc(-c4cc(-c5cncc6ccccc56)cc(-c5cncc6ccccc56)c4)ccc3-c3cncc4ccccc34)nc3ccccc32)cc1. The van der Waals surface area contributed by atoms with Crippen LogP contribution >= 0.6 is 0 Å². The second-order valence-electron chi connectivity index (χ2n) is 14.4. The molecule has 4 aromatic heterocycles. The van der Waals surface area contributed by atoms with Gasteiger partial charge in [-0.25, -0.2) is 4.98 Å². The molecule has 0 N–H and O–H groups in total. The van der Waals surface area contributed by atoms with E-state index < -0.39 is 0 Å². The third kappa shape index (κ3) is 5.64. The van der Waals surface area contributed by atoms with Gasteiger partial charge in [-0.05, 0) is 92.5 Å². The first kappa shape index (κ1) is 32.7. The average Bonchev–Trinajstić information content (AvgIpc) is 3.68. The number of rotatable bonds is 6. The summed E-state index contributed by atoms with van der Waals surface area (Å²) in [5, 5.41) is 6.74. The summed E-state index contributed by atoms with van der Waals surface area (Å²) >= 11 is 0. The highest BCUT2D eigenvalue weighted by molar-refractivity contribution is 6.03. The van der Waals surface area contributed by atoms with E-state index in [4.69, 9.17) is 19.9 Å². The van der Waals surface area contributed by atoms with Crippen LogP contribution in [0.1, 0.15) is 0 Å². The van der Waals surface area contributed by atoms with Gasteiger partial charge in [0, 0.05) is 81.3 Å². The standard InChI is InChI=1S/C52H33N5/c1-2-15-41(16-3-1)57-51-21-11-10-20-50(51)56-52(57)46-27-34(22-23-45(46)49-33-55-30-37-14-6-9-19-44(37)49)38-24-39(47-31-53-28-35-12-4-7-17-42(35)47)26-40(25-38)48-32-54-29-36-13-5-8-18-43(36)48/h1-33H. The Balaban J connectivity index is 1.21. The zero-order chi connectivity index (χ0) is 37.7. The van der Waals surface area contributed by atoms with Crippen LogP contribution in [0.5, 0.6) is 0 Å². The molecule has 7 aromatic carbocycles. The fourth-order valence-electron chi connectivity index (χ4n) is 8.32. The third-order valence-corrected chi connectivity index (χ3v) is 11.0. The van der Waals surface area contributed by atoms with Crippen LogP contribution in [0.3, 0.4) is 0 Å². The van der Waals surface area contributed by atoms with Gasteiger partial charge in [-0.3, -0.25) is 19.5 Å². The Morgan fingerprint density at radius 2 is 0.842 bits per heavy atom. The number of hydrogen-bond donors (Lipinski definition) is 0. The molecule has 11 rings (SSSR count). The van der Waals surface area contributed by atoms with Crippen molar-refractivity contribution in [1.82, 2.24) is 24.5 Å². The van der Waals surface area contributed by atoms with Gasteiger partial charge in [0.25, 0.3) is 0 Å². The highest BCUT2D eigenvalue weighted by Crippen LogP contribution is 2.42. The summed E-state index contributed by atoms with van der Waals surface area (Å²) in [5.41, 5.74) is 12.6. The summed E-state index contributed by atoms with van der Waals surface area (Å²) in [7, 11) is 0. The second kappa shape index (κ2) is 13.5. The molecule has 0 saturated heterocycles. The van der Waals surface area contributed by atoms with E-state index in [1.165, 1.54) is 0 Å². The van der Waals surface area contributed by atoms with E-state index in [0.29, 0.717) is 0 Å². The summed E-state index contributed by atoms with van der Waals surface area (Å²) in [6.07, 6.45) is 11.8. The Morgan fingerprint density at radius 1 is 0.333 bits per heavy atom. The molecular weight excluding hydrogens is 695 g/mol. The molecule has 57 heavy (non-hydrogen) atoms. The largest absolute Gasteiger partial charge is 0.292 e. The molecule has 266 valence electrons. The van der Waals surface area contributed by atoms with Crippen molar-refractivity contribution in [3.8, 4) is 61.6 Å². The zero-order valence-electron chi connectivity index (χ0n) is 30.8. The first-order chi connectivity index (χ1) is 28.3. The van der Waals surface area contributed by atoms with Crippen molar-refractivity contribution in [1.29, 1.82) is 0 Å². The highest BCUT2D eigenvalue weighted by atomic mass is 15.1. The number of nitrogens with zero attached hydrogens (tertiary/aromatic N) is 5. The molecule has 0 atom stereocenters. The highest BCUT2D eigenvalue weighted by Gasteiger charge is 2.21. The van der Waals surface area contributed by atoms with Crippen LogP contribution in [-0.2, 0) is 0 Å². The fraction of sp³-hybridized carbons (Fsp3) is 0. The number of imidazole rings is 1. The minimum absolute atomic E-state index is 0.861. The van der Waals surface area contributed by atoms with Gasteiger partial charge in [0.1, 0.15) is 5.82 Å².